The zero-order valence-electron chi connectivity index (χ0n) is 9.40. The molecule has 0 N–H and O–H groups in total. The molecule has 1 aliphatic rings. The van der Waals surface area contributed by atoms with E-state index >= 15 is 0 Å². The van der Waals surface area contributed by atoms with E-state index in [0.717, 1.165) is 17.9 Å². The summed E-state index contributed by atoms with van der Waals surface area (Å²) in [5.74, 6) is 2.22. The highest BCUT2D eigenvalue weighted by atomic mass is 16.6. The average Bonchev–Trinajstić information content (AvgIpc) is 2.69. The second-order valence-electron chi connectivity index (χ2n) is 4.17. The van der Waals surface area contributed by atoms with E-state index in [-0.39, 0.29) is 7.12 Å². The van der Waals surface area contributed by atoms with Crippen LogP contribution in [0.2, 0.25) is 5.82 Å². The number of unbranched alkanes of at least 4 members (excludes halogenated alkanes) is 1. The molecule has 3 heteroatoms. The van der Waals surface area contributed by atoms with Gasteiger partial charge in [-0.05, 0) is 18.6 Å². The molecule has 15 heavy (non-hydrogen) atoms. The molecule has 80 valence electrons. The van der Waals surface area contributed by atoms with Crippen molar-refractivity contribution < 1.29 is 9.31 Å². The summed E-state index contributed by atoms with van der Waals surface area (Å²) >= 11 is 0. The lowest BCUT2D eigenvalue weighted by molar-refractivity contribution is 0.463. The van der Waals surface area contributed by atoms with Crippen molar-refractivity contribution in [2.75, 3.05) is 0 Å². The van der Waals surface area contributed by atoms with Crippen LogP contribution in [0.4, 0.5) is 0 Å². The Balaban J connectivity index is 1.94. The van der Waals surface area contributed by atoms with Gasteiger partial charge in [-0.15, -0.1) is 0 Å². The third kappa shape index (κ3) is 2.28. The van der Waals surface area contributed by atoms with E-state index in [4.69, 9.17) is 9.31 Å². The van der Waals surface area contributed by atoms with Crippen LogP contribution >= 0.6 is 0 Å². The Labute approximate surface area is 91.7 Å². The molecule has 2 nitrogen and oxygen atoms in total. The highest BCUT2D eigenvalue weighted by Crippen LogP contribution is 2.36. The second-order valence-corrected chi connectivity index (χ2v) is 4.17. The molecule has 0 saturated carbocycles. The Kier molecular flexibility index (Phi) is 3.19. The van der Waals surface area contributed by atoms with Gasteiger partial charge < -0.3 is 9.31 Å². The van der Waals surface area contributed by atoms with Gasteiger partial charge in [-0.2, -0.15) is 0 Å². The number of fused-ring (bicyclic) bond motifs is 1. The zero-order valence-corrected chi connectivity index (χ0v) is 9.40. The van der Waals surface area contributed by atoms with Crippen LogP contribution in [-0.4, -0.2) is 7.12 Å². The standard InChI is InChI=1S/C12H17BO2/c1-3-4-7-10(2)13-14-11-8-5-6-9-12(11)15-13/h5-6,8-10H,3-4,7H2,1-2H3. The fourth-order valence-corrected chi connectivity index (χ4v) is 1.81. The van der Waals surface area contributed by atoms with E-state index in [1.807, 2.05) is 24.3 Å². The quantitative estimate of drug-likeness (QED) is 0.698. The lowest BCUT2D eigenvalue weighted by atomic mass is 9.71. The zero-order chi connectivity index (χ0) is 10.7. The molecule has 0 radical (unpaired) electrons. The largest absolute Gasteiger partial charge is 0.597 e. The summed E-state index contributed by atoms with van der Waals surface area (Å²) in [6.07, 6.45) is 3.62. The average molecular weight is 204 g/mol. The van der Waals surface area contributed by atoms with Crippen molar-refractivity contribution >= 4 is 7.12 Å². The topological polar surface area (TPSA) is 18.5 Å². The summed E-state index contributed by atoms with van der Waals surface area (Å²) in [5.41, 5.74) is 0. The molecule has 0 spiro atoms. The Morgan fingerprint density at radius 3 is 2.33 bits per heavy atom. The van der Waals surface area contributed by atoms with Crippen molar-refractivity contribution in [1.82, 2.24) is 0 Å². The van der Waals surface area contributed by atoms with Crippen LogP contribution in [0, 0.1) is 0 Å². The smallest absolute Gasteiger partial charge is 0.523 e. The number of hydrogen-bond acceptors (Lipinski definition) is 2. The van der Waals surface area contributed by atoms with E-state index in [1.165, 1.54) is 12.8 Å². The third-order valence-corrected chi connectivity index (χ3v) is 2.81. The molecule has 1 atom stereocenters. The Bertz CT molecular complexity index is 302. The Morgan fingerprint density at radius 1 is 1.20 bits per heavy atom. The minimum Gasteiger partial charge on any atom is -0.523 e. The fraction of sp³-hybridized carbons (Fsp3) is 0.500. The van der Waals surface area contributed by atoms with Gasteiger partial charge in [0.25, 0.3) is 0 Å². The molecule has 1 aliphatic heterocycles. The maximum absolute atomic E-state index is 5.74. The van der Waals surface area contributed by atoms with Crippen molar-refractivity contribution in [3.8, 4) is 11.5 Å². The van der Waals surface area contributed by atoms with Gasteiger partial charge in [0.15, 0.2) is 0 Å². The SMILES string of the molecule is CCCCC(C)B1Oc2ccccc2O1. The van der Waals surface area contributed by atoms with E-state index < -0.39 is 0 Å². The molecule has 1 heterocycles. The van der Waals surface area contributed by atoms with E-state index in [1.54, 1.807) is 0 Å². The normalized spacial score (nSPS) is 15.5. The monoisotopic (exact) mass is 204 g/mol. The number of hydrogen-bond donors (Lipinski definition) is 0. The van der Waals surface area contributed by atoms with Gasteiger partial charge in [-0.25, -0.2) is 0 Å². The first kappa shape index (κ1) is 10.4. The first-order chi connectivity index (χ1) is 7.31. The lowest BCUT2D eigenvalue weighted by Gasteiger charge is -2.12. The molecule has 1 unspecified atom stereocenters. The van der Waals surface area contributed by atoms with Crippen LogP contribution in [0.15, 0.2) is 24.3 Å². The van der Waals surface area contributed by atoms with Crippen LogP contribution in [0.5, 0.6) is 11.5 Å². The molecule has 1 aromatic rings. The van der Waals surface area contributed by atoms with Crippen LogP contribution in [0.3, 0.4) is 0 Å². The van der Waals surface area contributed by atoms with Crippen molar-refractivity contribution in [3.05, 3.63) is 24.3 Å². The molecule has 1 aromatic carbocycles. The summed E-state index contributed by atoms with van der Waals surface area (Å²) in [4.78, 5) is 0. The molecule has 0 saturated heterocycles. The Morgan fingerprint density at radius 2 is 1.80 bits per heavy atom. The van der Waals surface area contributed by atoms with E-state index in [0.29, 0.717) is 5.82 Å². The van der Waals surface area contributed by atoms with Gasteiger partial charge in [-0.1, -0.05) is 38.8 Å². The molecule has 0 aromatic heterocycles. The number of para-hydroxylation sites is 2. The van der Waals surface area contributed by atoms with Gasteiger partial charge in [0, 0.05) is 5.82 Å². The predicted molar refractivity (Wildman–Crippen MR) is 62.4 cm³/mol. The van der Waals surface area contributed by atoms with E-state index in [9.17, 15) is 0 Å². The molecule has 0 amide bonds. The second kappa shape index (κ2) is 4.60. The van der Waals surface area contributed by atoms with E-state index in [2.05, 4.69) is 13.8 Å². The lowest BCUT2D eigenvalue weighted by Crippen LogP contribution is -2.29. The van der Waals surface area contributed by atoms with Crippen LogP contribution in [0.25, 0.3) is 0 Å². The van der Waals surface area contributed by atoms with Gasteiger partial charge in [0.05, 0.1) is 0 Å². The molecular weight excluding hydrogens is 187 g/mol. The summed E-state index contributed by atoms with van der Waals surface area (Å²) in [6, 6.07) is 7.87. The number of benzene rings is 1. The molecular formula is C12H17BO2. The van der Waals surface area contributed by atoms with Crippen molar-refractivity contribution in [3.63, 3.8) is 0 Å². The van der Waals surface area contributed by atoms with Crippen molar-refractivity contribution in [1.29, 1.82) is 0 Å². The van der Waals surface area contributed by atoms with Gasteiger partial charge >= 0.3 is 7.12 Å². The first-order valence-electron chi connectivity index (χ1n) is 5.73. The van der Waals surface area contributed by atoms with Gasteiger partial charge in [-0.3, -0.25) is 0 Å². The van der Waals surface area contributed by atoms with Crippen molar-refractivity contribution in [2.45, 2.75) is 38.9 Å². The molecule has 0 aliphatic carbocycles. The summed E-state index contributed by atoms with van der Waals surface area (Å²) in [7, 11) is -0.0889. The molecule has 0 bridgehead atoms. The fourth-order valence-electron chi connectivity index (χ4n) is 1.81. The van der Waals surface area contributed by atoms with Crippen LogP contribution in [-0.2, 0) is 0 Å². The van der Waals surface area contributed by atoms with Gasteiger partial charge in [0.2, 0.25) is 0 Å². The van der Waals surface area contributed by atoms with Crippen LogP contribution in [0.1, 0.15) is 33.1 Å². The number of rotatable bonds is 4. The minimum atomic E-state index is -0.0889. The first-order valence-corrected chi connectivity index (χ1v) is 5.73. The highest BCUT2D eigenvalue weighted by Gasteiger charge is 2.36. The molecule has 2 rings (SSSR count). The summed E-state index contributed by atoms with van der Waals surface area (Å²) < 4.78 is 11.5. The third-order valence-electron chi connectivity index (χ3n) is 2.81. The summed E-state index contributed by atoms with van der Waals surface area (Å²) in [6.45, 7) is 4.39. The minimum absolute atomic E-state index is 0.0889. The Hall–Kier alpha value is -1.12. The van der Waals surface area contributed by atoms with Crippen LogP contribution < -0.4 is 9.31 Å². The van der Waals surface area contributed by atoms with Crippen molar-refractivity contribution in [2.24, 2.45) is 0 Å². The molecule has 0 fully saturated rings. The maximum Gasteiger partial charge on any atom is 0.597 e. The predicted octanol–water partition coefficient (Wildman–Crippen LogP) is 3.53. The van der Waals surface area contributed by atoms with Gasteiger partial charge in [0.1, 0.15) is 11.5 Å². The highest BCUT2D eigenvalue weighted by molar-refractivity contribution is 6.49. The summed E-state index contributed by atoms with van der Waals surface area (Å²) in [5, 5.41) is 0. The maximum atomic E-state index is 5.74.